The van der Waals surface area contributed by atoms with Crippen LogP contribution in [0.3, 0.4) is 0 Å². The van der Waals surface area contributed by atoms with Crippen LogP contribution < -0.4 is 5.32 Å². The van der Waals surface area contributed by atoms with Crippen LogP contribution in [0.4, 0.5) is 5.69 Å². The van der Waals surface area contributed by atoms with Gasteiger partial charge in [-0.05, 0) is 31.4 Å². The summed E-state index contributed by atoms with van der Waals surface area (Å²) >= 11 is 0. The maximum absolute atomic E-state index is 9.27. The first kappa shape index (κ1) is 10.9. The fourth-order valence-corrected chi connectivity index (χ4v) is 1.65. The first-order chi connectivity index (χ1) is 6.58. The molecule has 0 aliphatic carbocycles. The third-order valence-corrected chi connectivity index (χ3v) is 2.08. The molecule has 14 heavy (non-hydrogen) atoms. The molecule has 0 aromatic heterocycles. The van der Waals surface area contributed by atoms with Gasteiger partial charge in [-0.1, -0.05) is 19.9 Å². The minimum atomic E-state index is 0.312. The van der Waals surface area contributed by atoms with E-state index in [2.05, 4.69) is 26.1 Å². The predicted octanol–water partition coefficient (Wildman–Crippen LogP) is 3.24. The average molecular weight is 193 g/mol. The Kier molecular flexibility index (Phi) is 3.81. The Labute approximate surface area is 86.0 Å². The molecule has 0 fully saturated rings. The van der Waals surface area contributed by atoms with Crippen LogP contribution in [0.25, 0.3) is 0 Å². The lowest BCUT2D eigenvalue weighted by atomic mass is 10.1. The molecule has 0 heterocycles. The van der Waals surface area contributed by atoms with Gasteiger partial charge < -0.3 is 10.4 Å². The summed E-state index contributed by atoms with van der Waals surface area (Å²) in [5.41, 5.74) is 0.984. The van der Waals surface area contributed by atoms with Gasteiger partial charge in [0.15, 0.2) is 0 Å². The van der Waals surface area contributed by atoms with Gasteiger partial charge in [0.25, 0.3) is 0 Å². The third kappa shape index (κ3) is 3.69. The molecule has 1 rings (SSSR count). The fraction of sp³-hybridized carbons (Fsp3) is 0.500. The van der Waals surface area contributed by atoms with E-state index in [0.717, 1.165) is 12.1 Å². The number of rotatable bonds is 4. The summed E-state index contributed by atoms with van der Waals surface area (Å²) < 4.78 is 0. The largest absolute Gasteiger partial charge is 0.508 e. The summed E-state index contributed by atoms with van der Waals surface area (Å²) in [7, 11) is 0. The number of phenols is 1. The van der Waals surface area contributed by atoms with Gasteiger partial charge in [0.05, 0.1) is 0 Å². The normalized spacial score (nSPS) is 12.9. The highest BCUT2D eigenvalue weighted by atomic mass is 16.3. The molecular formula is C12H19NO. The van der Waals surface area contributed by atoms with Crippen molar-refractivity contribution in [2.45, 2.75) is 33.2 Å². The van der Waals surface area contributed by atoms with Crippen molar-refractivity contribution in [3.8, 4) is 5.75 Å². The molecule has 1 atom stereocenters. The predicted molar refractivity (Wildman–Crippen MR) is 60.6 cm³/mol. The molecule has 0 saturated carbocycles. The quantitative estimate of drug-likeness (QED) is 0.769. The Balaban J connectivity index is 2.51. The Morgan fingerprint density at radius 3 is 2.57 bits per heavy atom. The average Bonchev–Trinajstić information content (AvgIpc) is 2.01. The van der Waals surface area contributed by atoms with Crippen LogP contribution in [0.5, 0.6) is 5.75 Å². The fourth-order valence-electron chi connectivity index (χ4n) is 1.65. The standard InChI is InChI=1S/C12H19NO/c1-9(2)7-10(3)13-11-5-4-6-12(14)8-11/h4-6,8-10,13-14H,7H2,1-3H3. The monoisotopic (exact) mass is 193 g/mol. The molecule has 1 aromatic rings. The van der Waals surface area contributed by atoms with Crippen molar-refractivity contribution in [1.82, 2.24) is 0 Å². The zero-order valence-corrected chi connectivity index (χ0v) is 9.12. The van der Waals surface area contributed by atoms with Gasteiger partial charge in [-0.25, -0.2) is 0 Å². The van der Waals surface area contributed by atoms with Crippen LogP contribution in [-0.2, 0) is 0 Å². The van der Waals surface area contributed by atoms with E-state index in [9.17, 15) is 5.11 Å². The zero-order chi connectivity index (χ0) is 10.6. The molecule has 0 spiro atoms. The van der Waals surface area contributed by atoms with Gasteiger partial charge in [0.1, 0.15) is 5.75 Å². The Hall–Kier alpha value is -1.18. The maximum Gasteiger partial charge on any atom is 0.117 e. The van der Waals surface area contributed by atoms with E-state index in [1.54, 1.807) is 12.1 Å². The summed E-state index contributed by atoms with van der Waals surface area (Å²) in [6.45, 7) is 6.57. The summed E-state index contributed by atoms with van der Waals surface area (Å²) in [6.07, 6.45) is 1.13. The number of phenolic OH excluding ortho intramolecular Hbond substituents is 1. The van der Waals surface area contributed by atoms with Gasteiger partial charge in [0.2, 0.25) is 0 Å². The van der Waals surface area contributed by atoms with Crippen molar-refractivity contribution in [2.24, 2.45) is 5.92 Å². The number of nitrogens with one attached hydrogen (secondary N) is 1. The molecule has 0 bridgehead atoms. The number of hydrogen-bond donors (Lipinski definition) is 2. The second kappa shape index (κ2) is 4.89. The molecular weight excluding hydrogens is 174 g/mol. The molecule has 0 saturated heterocycles. The van der Waals surface area contributed by atoms with Crippen LogP contribution in [0.1, 0.15) is 27.2 Å². The molecule has 0 radical (unpaired) electrons. The van der Waals surface area contributed by atoms with E-state index in [-0.39, 0.29) is 0 Å². The van der Waals surface area contributed by atoms with Crippen molar-refractivity contribution in [3.63, 3.8) is 0 Å². The van der Waals surface area contributed by atoms with Crippen LogP contribution in [0, 0.1) is 5.92 Å². The number of hydrogen-bond acceptors (Lipinski definition) is 2. The molecule has 2 heteroatoms. The molecule has 1 unspecified atom stereocenters. The van der Waals surface area contributed by atoms with E-state index >= 15 is 0 Å². The highest BCUT2D eigenvalue weighted by molar-refractivity contribution is 5.48. The number of aromatic hydroxyl groups is 1. The van der Waals surface area contributed by atoms with Crippen LogP contribution >= 0.6 is 0 Å². The molecule has 2 nitrogen and oxygen atoms in total. The van der Waals surface area contributed by atoms with Gasteiger partial charge in [-0.3, -0.25) is 0 Å². The van der Waals surface area contributed by atoms with Gasteiger partial charge in [-0.2, -0.15) is 0 Å². The highest BCUT2D eigenvalue weighted by Gasteiger charge is 2.04. The Morgan fingerprint density at radius 1 is 1.29 bits per heavy atom. The minimum Gasteiger partial charge on any atom is -0.508 e. The summed E-state index contributed by atoms with van der Waals surface area (Å²) in [4.78, 5) is 0. The number of benzene rings is 1. The summed E-state index contributed by atoms with van der Waals surface area (Å²) in [5, 5.41) is 12.6. The lowest BCUT2D eigenvalue weighted by Gasteiger charge is -2.17. The first-order valence-electron chi connectivity index (χ1n) is 5.13. The smallest absolute Gasteiger partial charge is 0.117 e. The number of anilines is 1. The summed E-state index contributed by atoms with van der Waals surface area (Å²) in [6, 6.07) is 7.68. The van der Waals surface area contributed by atoms with Crippen LogP contribution in [-0.4, -0.2) is 11.1 Å². The Bertz CT molecular complexity index is 283. The van der Waals surface area contributed by atoms with Crippen molar-refractivity contribution in [2.75, 3.05) is 5.32 Å². The second-order valence-electron chi connectivity index (χ2n) is 4.23. The molecule has 2 N–H and O–H groups in total. The molecule has 0 aliphatic heterocycles. The molecule has 78 valence electrons. The zero-order valence-electron chi connectivity index (χ0n) is 9.12. The van der Waals surface area contributed by atoms with Crippen molar-refractivity contribution >= 4 is 5.69 Å². The van der Waals surface area contributed by atoms with E-state index in [1.165, 1.54) is 0 Å². The van der Waals surface area contributed by atoms with Crippen LogP contribution in [0.2, 0.25) is 0 Å². The van der Waals surface area contributed by atoms with E-state index in [4.69, 9.17) is 0 Å². The SMILES string of the molecule is CC(C)CC(C)Nc1cccc(O)c1. The topological polar surface area (TPSA) is 32.3 Å². The van der Waals surface area contributed by atoms with Gasteiger partial charge in [-0.15, -0.1) is 0 Å². The van der Waals surface area contributed by atoms with Crippen molar-refractivity contribution < 1.29 is 5.11 Å². The molecule has 0 amide bonds. The first-order valence-corrected chi connectivity index (χ1v) is 5.13. The van der Waals surface area contributed by atoms with Gasteiger partial charge >= 0.3 is 0 Å². The van der Waals surface area contributed by atoms with Crippen molar-refractivity contribution in [1.29, 1.82) is 0 Å². The third-order valence-electron chi connectivity index (χ3n) is 2.08. The lowest BCUT2D eigenvalue weighted by Crippen LogP contribution is -2.17. The van der Waals surface area contributed by atoms with E-state index in [0.29, 0.717) is 17.7 Å². The summed E-state index contributed by atoms with van der Waals surface area (Å²) in [5.74, 6) is 1.00. The van der Waals surface area contributed by atoms with Gasteiger partial charge in [0, 0.05) is 17.8 Å². The molecule has 0 aliphatic rings. The minimum absolute atomic E-state index is 0.312. The van der Waals surface area contributed by atoms with E-state index < -0.39 is 0 Å². The molecule has 1 aromatic carbocycles. The highest BCUT2D eigenvalue weighted by Crippen LogP contribution is 2.17. The Morgan fingerprint density at radius 2 is 2.00 bits per heavy atom. The van der Waals surface area contributed by atoms with E-state index in [1.807, 2.05) is 12.1 Å². The lowest BCUT2D eigenvalue weighted by molar-refractivity contribution is 0.475. The second-order valence-corrected chi connectivity index (χ2v) is 4.23. The van der Waals surface area contributed by atoms with Crippen LogP contribution in [0.15, 0.2) is 24.3 Å². The maximum atomic E-state index is 9.27. The van der Waals surface area contributed by atoms with Crippen molar-refractivity contribution in [3.05, 3.63) is 24.3 Å².